The van der Waals surface area contributed by atoms with Gasteiger partial charge in [-0.3, -0.25) is 0 Å². The molecule has 3 aromatic rings. The molecule has 0 unspecified atom stereocenters. The van der Waals surface area contributed by atoms with E-state index in [0.29, 0.717) is 5.82 Å². The fourth-order valence-corrected chi connectivity index (χ4v) is 2.21. The van der Waals surface area contributed by atoms with Crippen LogP contribution in [0.25, 0.3) is 11.1 Å². The number of benzene rings is 2. The summed E-state index contributed by atoms with van der Waals surface area (Å²) in [6.45, 7) is 0.727. The summed E-state index contributed by atoms with van der Waals surface area (Å²) >= 11 is 0. The molecular weight excluding hydrogens is 258 g/mol. The number of hydrogen-bond acceptors (Lipinski definition) is 3. The number of hydrogen-bond donors (Lipinski definition) is 2. The van der Waals surface area contributed by atoms with E-state index < -0.39 is 0 Å². The van der Waals surface area contributed by atoms with Gasteiger partial charge in [0.2, 0.25) is 0 Å². The minimum absolute atomic E-state index is 0.526. The van der Waals surface area contributed by atoms with E-state index in [4.69, 9.17) is 5.73 Å². The first-order valence-electron chi connectivity index (χ1n) is 6.91. The van der Waals surface area contributed by atoms with Gasteiger partial charge in [0.1, 0.15) is 5.82 Å². The van der Waals surface area contributed by atoms with E-state index >= 15 is 0 Å². The first-order chi connectivity index (χ1) is 10.3. The second kappa shape index (κ2) is 6.09. The van der Waals surface area contributed by atoms with E-state index in [1.165, 1.54) is 16.7 Å². The predicted molar refractivity (Wildman–Crippen MR) is 87.9 cm³/mol. The second-order valence-electron chi connectivity index (χ2n) is 4.85. The van der Waals surface area contributed by atoms with Gasteiger partial charge in [-0.05, 0) is 28.8 Å². The van der Waals surface area contributed by atoms with Crippen LogP contribution in [-0.4, -0.2) is 4.98 Å². The maximum Gasteiger partial charge on any atom is 0.146 e. The van der Waals surface area contributed by atoms with Crippen LogP contribution in [0.15, 0.2) is 72.9 Å². The fraction of sp³-hybridized carbons (Fsp3) is 0.0556. The molecule has 0 atom stereocenters. The lowest BCUT2D eigenvalue weighted by Gasteiger charge is -2.09. The molecule has 0 radical (unpaired) electrons. The molecule has 3 rings (SSSR count). The summed E-state index contributed by atoms with van der Waals surface area (Å²) in [6, 6.07) is 22.7. The van der Waals surface area contributed by atoms with Crippen molar-refractivity contribution in [2.24, 2.45) is 0 Å². The average molecular weight is 275 g/mol. The van der Waals surface area contributed by atoms with Crippen molar-refractivity contribution >= 4 is 11.5 Å². The van der Waals surface area contributed by atoms with Gasteiger partial charge in [0, 0.05) is 12.7 Å². The van der Waals surface area contributed by atoms with Crippen LogP contribution in [0.2, 0.25) is 0 Å². The Morgan fingerprint density at radius 1 is 0.810 bits per heavy atom. The Kier molecular flexibility index (Phi) is 3.83. The first kappa shape index (κ1) is 13.2. The number of nitrogens with one attached hydrogen (secondary N) is 1. The summed E-state index contributed by atoms with van der Waals surface area (Å²) in [4.78, 5) is 4.06. The van der Waals surface area contributed by atoms with Gasteiger partial charge in [0.15, 0.2) is 0 Å². The maximum atomic E-state index is 5.81. The third kappa shape index (κ3) is 3.20. The van der Waals surface area contributed by atoms with E-state index in [2.05, 4.69) is 58.8 Å². The van der Waals surface area contributed by atoms with Gasteiger partial charge >= 0.3 is 0 Å². The molecular formula is C18H17N3. The minimum atomic E-state index is 0.526. The molecule has 104 valence electrons. The third-order valence-electron chi connectivity index (χ3n) is 3.38. The SMILES string of the molecule is Nc1ncccc1NCc1ccc(-c2ccccc2)cc1. The number of nitrogen functional groups attached to an aromatic ring is 1. The third-order valence-corrected chi connectivity index (χ3v) is 3.38. The molecule has 0 aliphatic carbocycles. The fourth-order valence-electron chi connectivity index (χ4n) is 2.21. The lowest BCUT2D eigenvalue weighted by Crippen LogP contribution is -2.03. The summed E-state index contributed by atoms with van der Waals surface area (Å²) in [5.74, 6) is 0.526. The van der Waals surface area contributed by atoms with Crippen molar-refractivity contribution in [1.29, 1.82) is 0 Å². The second-order valence-corrected chi connectivity index (χ2v) is 4.85. The van der Waals surface area contributed by atoms with Crippen LogP contribution in [0.1, 0.15) is 5.56 Å². The number of aromatic nitrogens is 1. The highest BCUT2D eigenvalue weighted by atomic mass is 14.9. The zero-order valence-electron chi connectivity index (χ0n) is 11.7. The number of nitrogens with zero attached hydrogens (tertiary/aromatic N) is 1. The van der Waals surface area contributed by atoms with E-state index in [-0.39, 0.29) is 0 Å². The van der Waals surface area contributed by atoms with Crippen LogP contribution in [-0.2, 0) is 6.54 Å². The van der Waals surface area contributed by atoms with Crippen molar-refractivity contribution in [2.45, 2.75) is 6.54 Å². The zero-order valence-corrected chi connectivity index (χ0v) is 11.7. The first-order valence-corrected chi connectivity index (χ1v) is 6.91. The van der Waals surface area contributed by atoms with Crippen molar-refractivity contribution in [3.8, 4) is 11.1 Å². The molecule has 0 amide bonds. The van der Waals surface area contributed by atoms with Crippen LogP contribution in [0, 0.1) is 0 Å². The topological polar surface area (TPSA) is 50.9 Å². The summed E-state index contributed by atoms with van der Waals surface area (Å²) in [5.41, 5.74) is 10.3. The van der Waals surface area contributed by atoms with Crippen molar-refractivity contribution < 1.29 is 0 Å². The molecule has 0 aliphatic rings. The van der Waals surface area contributed by atoms with Crippen LogP contribution in [0.5, 0.6) is 0 Å². The molecule has 0 aliphatic heterocycles. The van der Waals surface area contributed by atoms with Crippen LogP contribution in [0.4, 0.5) is 11.5 Å². The number of anilines is 2. The molecule has 0 spiro atoms. The zero-order chi connectivity index (χ0) is 14.5. The quantitative estimate of drug-likeness (QED) is 0.758. The van der Waals surface area contributed by atoms with E-state index in [0.717, 1.165) is 12.2 Å². The highest BCUT2D eigenvalue weighted by molar-refractivity contribution is 5.64. The largest absolute Gasteiger partial charge is 0.382 e. The normalized spacial score (nSPS) is 10.3. The number of rotatable bonds is 4. The predicted octanol–water partition coefficient (Wildman–Crippen LogP) is 3.94. The standard InChI is InChI=1S/C18H17N3/c19-18-17(7-4-12-20-18)21-13-14-8-10-16(11-9-14)15-5-2-1-3-6-15/h1-12,21H,13H2,(H2,19,20). The Morgan fingerprint density at radius 2 is 1.52 bits per heavy atom. The molecule has 3 heteroatoms. The van der Waals surface area contributed by atoms with E-state index in [1.54, 1.807) is 6.20 Å². The highest BCUT2D eigenvalue weighted by Crippen LogP contribution is 2.20. The average Bonchev–Trinajstić information content (AvgIpc) is 2.55. The van der Waals surface area contributed by atoms with Crippen molar-refractivity contribution in [1.82, 2.24) is 4.98 Å². The van der Waals surface area contributed by atoms with E-state index in [9.17, 15) is 0 Å². The number of nitrogens with two attached hydrogens (primary N) is 1. The summed E-state index contributed by atoms with van der Waals surface area (Å²) in [7, 11) is 0. The van der Waals surface area contributed by atoms with Gasteiger partial charge in [-0.15, -0.1) is 0 Å². The summed E-state index contributed by atoms with van der Waals surface area (Å²) < 4.78 is 0. The smallest absolute Gasteiger partial charge is 0.146 e. The van der Waals surface area contributed by atoms with Crippen LogP contribution >= 0.6 is 0 Å². The Bertz CT molecular complexity index is 706. The molecule has 2 aromatic carbocycles. The maximum absolute atomic E-state index is 5.81. The molecule has 21 heavy (non-hydrogen) atoms. The molecule has 3 N–H and O–H groups in total. The summed E-state index contributed by atoms with van der Waals surface area (Å²) in [6.07, 6.45) is 1.69. The van der Waals surface area contributed by atoms with Crippen LogP contribution < -0.4 is 11.1 Å². The number of pyridine rings is 1. The van der Waals surface area contributed by atoms with Crippen molar-refractivity contribution in [2.75, 3.05) is 11.1 Å². The molecule has 1 heterocycles. The summed E-state index contributed by atoms with van der Waals surface area (Å²) in [5, 5.41) is 3.30. The van der Waals surface area contributed by atoms with Crippen molar-refractivity contribution in [3.05, 3.63) is 78.5 Å². The van der Waals surface area contributed by atoms with Gasteiger partial charge < -0.3 is 11.1 Å². The van der Waals surface area contributed by atoms with Gasteiger partial charge in [-0.2, -0.15) is 0 Å². The molecule has 3 nitrogen and oxygen atoms in total. The van der Waals surface area contributed by atoms with Gasteiger partial charge in [-0.1, -0.05) is 54.6 Å². The van der Waals surface area contributed by atoms with E-state index in [1.807, 2.05) is 18.2 Å². The Hall–Kier alpha value is -2.81. The lowest BCUT2D eigenvalue weighted by atomic mass is 10.0. The Morgan fingerprint density at radius 3 is 2.24 bits per heavy atom. The minimum Gasteiger partial charge on any atom is -0.382 e. The highest BCUT2D eigenvalue weighted by Gasteiger charge is 2.00. The lowest BCUT2D eigenvalue weighted by molar-refractivity contribution is 1.14. The van der Waals surface area contributed by atoms with Gasteiger partial charge in [-0.25, -0.2) is 4.98 Å². The molecule has 0 saturated heterocycles. The molecule has 0 saturated carbocycles. The molecule has 0 bridgehead atoms. The monoisotopic (exact) mass is 275 g/mol. The van der Waals surface area contributed by atoms with Crippen molar-refractivity contribution in [3.63, 3.8) is 0 Å². The molecule has 0 fully saturated rings. The van der Waals surface area contributed by atoms with Gasteiger partial charge in [0.25, 0.3) is 0 Å². The molecule has 1 aromatic heterocycles. The Labute approximate surface area is 124 Å². The van der Waals surface area contributed by atoms with Gasteiger partial charge in [0.05, 0.1) is 5.69 Å². The van der Waals surface area contributed by atoms with Crippen LogP contribution in [0.3, 0.4) is 0 Å². The Balaban J connectivity index is 1.69.